The number of carbonyl (C=O) groups is 1. The number of Topliss-reactive ketones (excluding diaryl/α,β-unsaturated/α-hetero) is 1. The summed E-state index contributed by atoms with van der Waals surface area (Å²) in [5, 5.41) is 21.0. The molecule has 134 valence electrons. The molecule has 0 aliphatic heterocycles. The Morgan fingerprint density at radius 1 is 1.12 bits per heavy atom. The van der Waals surface area contributed by atoms with Gasteiger partial charge in [0.05, 0.1) is 12.2 Å². The number of aliphatic hydroxyl groups is 2. The van der Waals surface area contributed by atoms with E-state index in [9.17, 15) is 15.0 Å². The molecule has 3 saturated carbocycles. The Bertz CT molecular complexity index is 582. The first-order valence-electron chi connectivity index (χ1n) is 9.84. The van der Waals surface area contributed by atoms with E-state index in [0.717, 1.165) is 44.9 Å². The van der Waals surface area contributed by atoms with Crippen molar-refractivity contribution in [1.29, 1.82) is 0 Å². The fourth-order valence-electron chi connectivity index (χ4n) is 7.22. The molecule has 8 atom stereocenters. The zero-order valence-electron chi connectivity index (χ0n) is 15.3. The predicted octanol–water partition coefficient (Wildman–Crippen LogP) is 3.49. The van der Waals surface area contributed by atoms with Crippen LogP contribution in [0.3, 0.4) is 0 Å². The normalized spacial score (nSPS) is 53.6. The lowest BCUT2D eigenvalue weighted by Gasteiger charge is -2.58. The molecular weight excluding hydrogens is 300 g/mol. The Hall–Kier alpha value is -0.670. The van der Waals surface area contributed by atoms with E-state index in [1.54, 1.807) is 12.5 Å². The molecule has 0 aromatic rings. The summed E-state index contributed by atoms with van der Waals surface area (Å²) in [5.74, 6) is 1.69. The lowest BCUT2D eigenvalue weighted by molar-refractivity contribution is -0.125. The van der Waals surface area contributed by atoms with E-state index in [1.807, 2.05) is 0 Å². The Morgan fingerprint density at radius 2 is 1.88 bits per heavy atom. The number of rotatable bonds is 1. The van der Waals surface area contributed by atoms with Gasteiger partial charge in [0.1, 0.15) is 5.78 Å². The fraction of sp³-hybridized carbons (Fsp3) is 0.857. The Labute approximate surface area is 145 Å². The van der Waals surface area contributed by atoms with Gasteiger partial charge in [0.25, 0.3) is 0 Å². The average Bonchev–Trinajstić information content (AvgIpc) is 2.87. The van der Waals surface area contributed by atoms with Gasteiger partial charge in [-0.05, 0) is 80.5 Å². The van der Waals surface area contributed by atoms with Crippen molar-refractivity contribution in [2.75, 3.05) is 0 Å². The molecule has 0 saturated heterocycles. The third-order valence-electron chi connectivity index (χ3n) is 8.51. The number of ketones is 1. The van der Waals surface area contributed by atoms with Crippen molar-refractivity contribution in [2.45, 2.75) is 77.9 Å². The molecule has 0 bridgehead atoms. The largest absolute Gasteiger partial charge is 0.393 e. The van der Waals surface area contributed by atoms with E-state index in [4.69, 9.17) is 0 Å². The van der Waals surface area contributed by atoms with Crippen LogP contribution in [-0.4, -0.2) is 28.2 Å². The molecule has 4 aliphatic rings. The smallest absolute Gasteiger partial charge is 0.133 e. The van der Waals surface area contributed by atoms with Crippen LogP contribution in [0.2, 0.25) is 0 Å². The second-order valence-corrected chi connectivity index (χ2v) is 9.58. The first-order valence-corrected chi connectivity index (χ1v) is 9.84. The topological polar surface area (TPSA) is 57.5 Å². The maximum absolute atomic E-state index is 12.2. The number of fused-ring (bicyclic) bond motifs is 5. The number of allylic oxidation sites excluding steroid dienone is 2. The van der Waals surface area contributed by atoms with Crippen molar-refractivity contribution in [1.82, 2.24) is 0 Å². The molecule has 4 aliphatic carbocycles. The second kappa shape index (κ2) is 5.41. The van der Waals surface area contributed by atoms with Crippen molar-refractivity contribution < 1.29 is 15.0 Å². The molecule has 4 rings (SSSR count). The zero-order chi connectivity index (χ0) is 17.3. The van der Waals surface area contributed by atoms with E-state index >= 15 is 0 Å². The quantitative estimate of drug-likeness (QED) is 0.723. The molecule has 1 unspecified atom stereocenters. The maximum atomic E-state index is 12.2. The van der Waals surface area contributed by atoms with Crippen molar-refractivity contribution in [3.05, 3.63) is 11.6 Å². The van der Waals surface area contributed by atoms with Crippen molar-refractivity contribution >= 4 is 5.78 Å². The van der Waals surface area contributed by atoms with Gasteiger partial charge in [0, 0.05) is 5.92 Å². The van der Waals surface area contributed by atoms with Crippen LogP contribution >= 0.6 is 0 Å². The van der Waals surface area contributed by atoms with Crippen LogP contribution in [0, 0.1) is 34.5 Å². The van der Waals surface area contributed by atoms with Crippen molar-refractivity contribution in [2.24, 2.45) is 34.5 Å². The van der Waals surface area contributed by atoms with Crippen LogP contribution < -0.4 is 0 Å². The number of hydrogen-bond donors (Lipinski definition) is 2. The summed E-state index contributed by atoms with van der Waals surface area (Å²) < 4.78 is 0. The summed E-state index contributed by atoms with van der Waals surface area (Å²) in [5.41, 5.74) is 1.67. The Kier molecular flexibility index (Phi) is 3.78. The van der Waals surface area contributed by atoms with E-state index in [1.165, 1.54) is 0 Å². The first kappa shape index (κ1) is 16.8. The van der Waals surface area contributed by atoms with E-state index < -0.39 is 0 Å². The molecule has 2 N–H and O–H groups in total. The van der Waals surface area contributed by atoms with Gasteiger partial charge in [-0.15, -0.1) is 0 Å². The molecule has 0 spiro atoms. The van der Waals surface area contributed by atoms with Gasteiger partial charge in [-0.3, -0.25) is 4.79 Å². The van der Waals surface area contributed by atoms with E-state index in [0.29, 0.717) is 17.6 Å². The summed E-state index contributed by atoms with van der Waals surface area (Å²) >= 11 is 0. The van der Waals surface area contributed by atoms with Gasteiger partial charge in [0.2, 0.25) is 0 Å². The summed E-state index contributed by atoms with van der Waals surface area (Å²) in [7, 11) is 0. The third kappa shape index (κ3) is 2.13. The van der Waals surface area contributed by atoms with Crippen LogP contribution in [0.15, 0.2) is 11.6 Å². The van der Waals surface area contributed by atoms with Crippen molar-refractivity contribution in [3.8, 4) is 0 Å². The number of aliphatic hydroxyl groups excluding tert-OH is 2. The molecule has 3 nitrogen and oxygen atoms in total. The van der Waals surface area contributed by atoms with Crippen LogP contribution in [0.25, 0.3) is 0 Å². The Morgan fingerprint density at radius 3 is 2.58 bits per heavy atom. The average molecular weight is 332 g/mol. The first-order chi connectivity index (χ1) is 11.3. The van der Waals surface area contributed by atoms with Gasteiger partial charge < -0.3 is 10.2 Å². The van der Waals surface area contributed by atoms with Gasteiger partial charge in [0.15, 0.2) is 0 Å². The minimum absolute atomic E-state index is 0.0389. The highest BCUT2D eigenvalue weighted by Crippen LogP contribution is 2.65. The standard InChI is InChI=1S/C21H32O3/c1-12(22)15-4-5-16-14-11-19(24)18-10-13(23)6-8-21(18,3)17(14)7-9-20(15,16)2/h7,13-16,18-19,23-24H,4-6,8-11H2,1-3H3/t13-,14-,15+,16-,18?,19-,20+,21+/m0/s1. The highest BCUT2D eigenvalue weighted by molar-refractivity contribution is 5.79. The van der Waals surface area contributed by atoms with Crippen molar-refractivity contribution in [3.63, 3.8) is 0 Å². The summed E-state index contributed by atoms with van der Waals surface area (Å²) in [6.07, 6.45) is 8.42. The lowest BCUT2D eigenvalue weighted by atomic mass is 9.48. The molecule has 0 heterocycles. The molecule has 0 radical (unpaired) electrons. The van der Waals surface area contributed by atoms with E-state index in [2.05, 4.69) is 19.9 Å². The zero-order valence-corrected chi connectivity index (χ0v) is 15.3. The maximum Gasteiger partial charge on any atom is 0.133 e. The number of carbonyl (C=O) groups excluding carboxylic acids is 1. The highest BCUT2D eigenvalue weighted by atomic mass is 16.3. The van der Waals surface area contributed by atoms with Gasteiger partial charge >= 0.3 is 0 Å². The highest BCUT2D eigenvalue weighted by Gasteiger charge is 2.59. The second-order valence-electron chi connectivity index (χ2n) is 9.58. The summed E-state index contributed by atoms with van der Waals surface area (Å²) in [6, 6.07) is 0. The van der Waals surface area contributed by atoms with Crippen LogP contribution in [0.5, 0.6) is 0 Å². The molecule has 0 aromatic carbocycles. The fourth-order valence-corrected chi connectivity index (χ4v) is 7.22. The van der Waals surface area contributed by atoms with Gasteiger partial charge in [-0.2, -0.15) is 0 Å². The predicted molar refractivity (Wildman–Crippen MR) is 93.3 cm³/mol. The van der Waals surface area contributed by atoms with Crippen LogP contribution in [-0.2, 0) is 4.79 Å². The van der Waals surface area contributed by atoms with Gasteiger partial charge in [-0.1, -0.05) is 25.5 Å². The van der Waals surface area contributed by atoms with E-state index in [-0.39, 0.29) is 34.9 Å². The SMILES string of the molecule is CC(=O)[C@H]1CC[C@H]2[C@@H]3C[C@H](O)C4C[C@@H](O)CC[C@]4(C)C3=CC[C@]12C. The molecule has 3 heteroatoms. The Balaban J connectivity index is 1.72. The molecule has 3 fully saturated rings. The van der Waals surface area contributed by atoms with Gasteiger partial charge in [-0.25, -0.2) is 0 Å². The lowest BCUT2D eigenvalue weighted by Crippen LogP contribution is -2.53. The summed E-state index contributed by atoms with van der Waals surface area (Å²) in [6.45, 7) is 6.40. The monoisotopic (exact) mass is 332 g/mol. The number of hydrogen-bond acceptors (Lipinski definition) is 3. The molecule has 24 heavy (non-hydrogen) atoms. The van der Waals surface area contributed by atoms with Crippen LogP contribution in [0.4, 0.5) is 0 Å². The minimum atomic E-state index is -0.314. The molecular formula is C21H32O3. The molecule has 0 amide bonds. The third-order valence-corrected chi connectivity index (χ3v) is 8.51. The minimum Gasteiger partial charge on any atom is -0.393 e. The van der Waals surface area contributed by atoms with Crippen LogP contribution in [0.1, 0.15) is 65.7 Å². The summed E-state index contributed by atoms with van der Waals surface area (Å²) in [4.78, 5) is 12.2. The molecule has 0 aromatic heterocycles.